The van der Waals surface area contributed by atoms with Gasteiger partial charge < -0.3 is 19.3 Å². The third-order valence-electron chi connectivity index (χ3n) is 4.58. The molecule has 1 N–H and O–H groups in total. The number of methoxy groups -OCH3 is 2. The molecule has 0 bridgehead atoms. The van der Waals surface area contributed by atoms with Crippen molar-refractivity contribution >= 4 is 27.6 Å². The number of carbonyl (C=O) groups is 1. The van der Waals surface area contributed by atoms with E-state index >= 15 is 0 Å². The molecule has 1 aromatic heterocycles. The summed E-state index contributed by atoms with van der Waals surface area (Å²) in [6.45, 7) is 0. The number of ether oxygens (including phenoxy) is 3. The number of aromatic carboxylic acids is 1. The number of rotatable bonds is 5. The minimum Gasteiger partial charge on any atom is -0.493 e. The Morgan fingerprint density at radius 2 is 1.76 bits per heavy atom. The molecule has 6 nitrogen and oxygen atoms in total. The van der Waals surface area contributed by atoms with Crippen LogP contribution in [0.3, 0.4) is 0 Å². The number of carboxylic acid groups (broad SMARTS) is 1. The van der Waals surface area contributed by atoms with E-state index in [1.807, 2.05) is 0 Å². The molecule has 146 valence electrons. The van der Waals surface area contributed by atoms with Gasteiger partial charge in [-0.15, -0.1) is 0 Å². The molecular formula is C22H16FNO5. The van der Waals surface area contributed by atoms with E-state index in [4.69, 9.17) is 14.2 Å². The number of fused-ring (bicyclic) bond motifs is 2. The lowest BCUT2D eigenvalue weighted by Crippen LogP contribution is -1.98. The quantitative estimate of drug-likeness (QED) is 0.512. The summed E-state index contributed by atoms with van der Waals surface area (Å²) in [6, 6.07) is 13.1. The molecule has 0 amide bonds. The second-order valence-corrected chi connectivity index (χ2v) is 6.26. The van der Waals surface area contributed by atoms with Crippen LogP contribution in [-0.4, -0.2) is 30.3 Å². The highest BCUT2D eigenvalue weighted by atomic mass is 19.1. The molecule has 0 radical (unpaired) electrons. The summed E-state index contributed by atoms with van der Waals surface area (Å²) in [4.78, 5) is 15.5. The second kappa shape index (κ2) is 7.27. The number of nitrogens with zero attached hydrogens (tertiary/aromatic N) is 1. The maximum absolute atomic E-state index is 14.6. The van der Waals surface area contributed by atoms with Crippen molar-refractivity contribution in [3.8, 4) is 23.0 Å². The van der Waals surface area contributed by atoms with Gasteiger partial charge in [0.1, 0.15) is 5.75 Å². The van der Waals surface area contributed by atoms with E-state index in [1.54, 1.807) is 42.5 Å². The summed E-state index contributed by atoms with van der Waals surface area (Å²) in [5.41, 5.74) is 0.666. The number of carboxylic acids is 1. The fourth-order valence-electron chi connectivity index (χ4n) is 3.20. The molecule has 0 saturated carbocycles. The Hall–Kier alpha value is -3.87. The Bertz CT molecular complexity index is 1260. The molecule has 4 rings (SSSR count). The summed E-state index contributed by atoms with van der Waals surface area (Å²) in [5, 5.41) is 11.0. The fourth-order valence-corrected chi connectivity index (χ4v) is 3.20. The largest absolute Gasteiger partial charge is 0.493 e. The van der Waals surface area contributed by atoms with E-state index in [1.165, 1.54) is 20.3 Å². The van der Waals surface area contributed by atoms with Gasteiger partial charge in [-0.3, -0.25) is 4.98 Å². The number of benzene rings is 3. The molecule has 0 unspecified atom stereocenters. The van der Waals surface area contributed by atoms with Crippen LogP contribution in [0.4, 0.5) is 4.39 Å². The summed E-state index contributed by atoms with van der Waals surface area (Å²) in [6.07, 6.45) is 1.08. The summed E-state index contributed by atoms with van der Waals surface area (Å²) in [5.74, 6) is -0.412. The summed E-state index contributed by atoms with van der Waals surface area (Å²) >= 11 is 0. The van der Waals surface area contributed by atoms with Gasteiger partial charge >= 0.3 is 5.97 Å². The average Bonchev–Trinajstić information content (AvgIpc) is 2.74. The van der Waals surface area contributed by atoms with Crippen LogP contribution in [0, 0.1) is 5.82 Å². The molecule has 0 spiro atoms. The molecular weight excluding hydrogens is 377 g/mol. The van der Waals surface area contributed by atoms with E-state index in [-0.39, 0.29) is 11.3 Å². The van der Waals surface area contributed by atoms with Gasteiger partial charge in [-0.25, -0.2) is 9.18 Å². The monoisotopic (exact) mass is 393 g/mol. The van der Waals surface area contributed by atoms with Crippen molar-refractivity contribution in [3.63, 3.8) is 0 Å². The van der Waals surface area contributed by atoms with Crippen molar-refractivity contribution in [1.29, 1.82) is 0 Å². The van der Waals surface area contributed by atoms with Crippen molar-refractivity contribution < 1.29 is 28.5 Å². The van der Waals surface area contributed by atoms with E-state index in [9.17, 15) is 14.3 Å². The van der Waals surface area contributed by atoms with E-state index in [0.29, 0.717) is 38.9 Å². The second-order valence-electron chi connectivity index (χ2n) is 6.26. The normalized spacial score (nSPS) is 10.9. The molecule has 29 heavy (non-hydrogen) atoms. The number of aromatic nitrogens is 1. The van der Waals surface area contributed by atoms with Crippen LogP contribution >= 0.6 is 0 Å². The Morgan fingerprint density at radius 1 is 1.00 bits per heavy atom. The van der Waals surface area contributed by atoms with Crippen molar-refractivity contribution in [2.24, 2.45) is 0 Å². The van der Waals surface area contributed by atoms with Crippen LogP contribution in [0.25, 0.3) is 21.7 Å². The van der Waals surface area contributed by atoms with Gasteiger partial charge in [-0.05, 0) is 41.1 Å². The van der Waals surface area contributed by atoms with Crippen LogP contribution in [0.5, 0.6) is 23.0 Å². The first kappa shape index (κ1) is 18.5. The zero-order valence-corrected chi connectivity index (χ0v) is 15.6. The highest BCUT2D eigenvalue weighted by molar-refractivity contribution is 6.04. The highest BCUT2D eigenvalue weighted by Gasteiger charge is 2.16. The average molecular weight is 393 g/mol. The van der Waals surface area contributed by atoms with E-state index in [2.05, 4.69) is 4.98 Å². The van der Waals surface area contributed by atoms with Gasteiger partial charge in [-0.1, -0.05) is 12.1 Å². The number of hydrogen-bond donors (Lipinski definition) is 1. The standard InChI is InChI=1S/C22H16FNO5/c1-27-19-9-16-18(10-20(19)28-2)24-11-17(23)21(16)29-13-6-7-14-12(8-13)4-3-5-15(14)22(25)26/h3-11H,1-2H3,(H,25,26). The maximum atomic E-state index is 14.6. The Labute approximate surface area is 165 Å². The highest BCUT2D eigenvalue weighted by Crippen LogP contribution is 2.38. The van der Waals surface area contributed by atoms with Crippen molar-refractivity contribution in [2.75, 3.05) is 14.2 Å². The molecule has 1 heterocycles. The zero-order valence-electron chi connectivity index (χ0n) is 15.6. The van der Waals surface area contributed by atoms with Crippen LogP contribution in [-0.2, 0) is 0 Å². The minimum absolute atomic E-state index is 0.00954. The first-order valence-corrected chi connectivity index (χ1v) is 8.66. The third-order valence-corrected chi connectivity index (χ3v) is 4.58. The predicted molar refractivity (Wildman–Crippen MR) is 106 cm³/mol. The first-order valence-electron chi connectivity index (χ1n) is 8.66. The van der Waals surface area contributed by atoms with Gasteiger partial charge in [0.25, 0.3) is 0 Å². The molecule has 3 aromatic carbocycles. The number of hydrogen-bond acceptors (Lipinski definition) is 5. The Kier molecular flexibility index (Phi) is 4.64. The van der Waals surface area contributed by atoms with Gasteiger partial charge in [0.15, 0.2) is 23.1 Å². The van der Waals surface area contributed by atoms with Crippen LogP contribution < -0.4 is 14.2 Å². The van der Waals surface area contributed by atoms with E-state index in [0.717, 1.165) is 6.20 Å². The lowest BCUT2D eigenvalue weighted by atomic mass is 10.0. The molecule has 0 aliphatic carbocycles. The Balaban J connectivity index is 1.83. The number of halogens is 1. The molecule has 0 fully saturated rings. The molecule has 4 aromatic rings. The third kappa shape index (κ3) is 3.27. The van der Waals surface area contributed by atoms with Crippen LogP contribution in [0.2, 0.25) is 0 Å². The van der Waals surface area contributed by atoms with Gasteiger partial charge in [-0.2, -0.15) is 0 Å². The van der Waals surface area contributed by atoms with Gasteiger partial charge in [0.2, 0.25) is 0 Å². The SMILES string of the molecule is COc1cc2ncc(F)c(Oc3ccc4c(C(=O)O)cccc4c3)c2cc1OC. The fraction of sp³-hybridized carbons (Fsp3) is 0.0909. The molecule has 0 atom stereocenters. The maximum Gasteiger partial charge on any atom is 0.336 e. The lowest BCUT2D eigenvalue weighted by Gasteiger charge is -2.13. The van der Waals surface area contributed by atoms with Crippen molar-refractivity contribution in [2.45, 2.75) is 0 Å². The summed E-state index contributed by atoms with van der Waals surface area (Å²) < 4.78 is 31.0. The Morgan fingerprint density at radius 3 is 2.48 bits per heavy atom. The zero-order chi connectivity index (χ0) is 20.5. The van der Waals surface area contributed by atoms with Gasteiger partial charge in [0.05, 0.1) is 31.5 Å². The molecule has 7 heteroatoms. The van der Waals surface area contributed by atoms with E-state index < -0.39 is 11.8 Å². The predicted octanol–water partition coefficient (Wildman–Crippen LogP) is 5.03. The van der Waals surface area contributed by atoms with Crippen molar-refractivity contribution in [3.05, 3.63) is 66.1 Å². The topological polar surface area (TPSA) is 77.9 Å². The van der Waals surface area contributed by atoms with Gasteiger partial charge in [0, 0.05) is 11.5 Å². The number of pyridine rings is 1. The van der Waals surface area contributed by atoms with Crippen LogP contribution in [0.1, 0.15) is 10.4 Å². The van der Waals surface area contributed by atoms with Crippen LogP contribution in [0.15, 0.2) is 54.7 Å². The molecule has 0 saturated heterocycles. The molecule has 0 aliphatic heterocycles. The minimum atomic E-state index is -1.02. The van der Waals surface area contributed by atoms with Crippen molar-refractivity contribution in [1.82, 2.24) is 4.98 Å². The lowest BCUT2D eigenvalue weighted by molar-refractivity contribution is 0.0699. The smallest absolute Gasteiger partial charge is 0.336 e. The summed E-state index contributed by atoms with van der Waals surface area (Å²) in [7, 11) is 2.99. The molecule has 0 aliphatic rings. The first-order chi connectivity index (χ1) is 14.0.